The third kappa shape index (κ3) is 5.31. The van der Waals surface area contributed by atoms with Gasteiger partial charge in [-0.25, -0.2) is 0 Å². The molecule has 0 radical (unpaired) electrons. The van der Waals surface area contributed by atoms with Gasteiger partial charge < -0.3 is 5.32 Å². The molecule has 0 saturated carbocycles. The van der Waals surface area contributed by atoms with Gasteiger partial charge in [-0.15, -0.1) is 0 Å². The molecule has 1 heterocycles. The van der Waals surface area contributed by atoms with Gasteiger partial charge in [-0.05, 0) is 44.7 Å². The Morgan fingerprint density at radius 2 is 2.25 bits per heavy atom. The third-order valence-electron chi connectivity index (χ3n) is 2.85. The van der Waals surface area contributed by atoms with Crippen molar-refractivity contribution in [2.45, 2.75) is 52.0 Å². The minimum Gasteiger partial charge on any atom is -0.314 e. The summed E-state index contributed by atoms with van der Waals surface area (Å²) in [5, 5.41) is 7.69. The molecule has 1 N–H and O–H groups in total. The maximum atomic E-state index is 4.18. The minimum absolute atomic E-state index is 0.661. The topological polar surface area (TPSA) is 29.9 Å². The number of rotatable bonds is 8. The molecule has 0 aliphatic heterocycles. The molecule has 3 heteroatoms. The molecule has 0 fully saturated rings. The number of unbranched alkanes of at least 4 members (excludes halogenated alkanes) is 1. The second kappa shape index (κ2) is 7.44. The van der Waals surface area contributed by atoms with E-state index < -0.39 is 0 Å². The van der Waals surface area contributed by atoms with E-state index in [0.717, 1.165) is 13.0 Å². The first-order valence-electron chi connectivity index (χ1n) is 6.43. The second-order valence-corrected chi connectivity index (χ2v) is 4.62. The van der Waals surface area contributed by atoms with Crippen LogP contribution in [0.15, 0.2) is 12.4 Å². The fraction of sp³-hybridized carbons (Fsp3) is 0.769. The lowest BCUT2D eigenvalue weighted by molar-refractivity contribution is 0.489. The number of hydrogen-bond donors (Lipinski definition) is 1. The number of aryl methyl sites for hydroxylation is 2. The van der Waals surface area contributed by atoms with E-state index in [-0.39, 0.29) is 0 Å². The van der Waals surface area contributed by atoms with Crippen molar-refractivity contribution in [2.75, 3.05) is 6.54 Å². The molecule has 1 unspecified atom stereocenters. The molecule has 1 aromatic heterocycles. The van der Waals surface area contributed by atoms with Gasteiger partial charge in [0.2, 0.25) is 0 Å². The molecule has 3 nitrogen and oxygen atoms in total. The summed E-state index contributed by atoms with van der Waals surface area (Å²) in [6.45, 7) is 5.63. The van der Waals surface area contributed by atoms with Gasteiger partial charge in [0.1, 0.15) is 0 Å². The van der Waals surface area contributed by atoms with E-state index >= 15 is 0 Å². The average molecular weight is 223 g/mol. The highest BCUT2D eigenvalue weighted by molar-refractivity contribution is 5.03. The highest BCUT2D eigenvalue weighted by Gasteiger charge is 2.01. The van der Waals surface area contributed by atoms with Gasteiger partial charge in [0.05, 0.1) is 6.20 Å². The van der Waals surface area contributed by atoms with Crippen LogP contribution in [0, 0.1) is 0 Å². The Labute approximate surface area is 99.2 Å². The van der Waals surface area contributed by atoms with Crippen molar-refractivity contribution >= 4 is 0 Å². The van der Waals surface area contributed by atoms with Crippen LogP contribution in [0.4, 0.5) is 0 Å². The minimum atomic E-state index is 0.661. The quantitative estimate of drug-likeness (QED) is 0.686. The summed E-state index contributed by atoms with van der Waals surface area (Å²) in [4.78, 5) is 0. The zero-order chi connectivity index (χ0) is 11.8. The lowest BCUT2D eigenvalue weighted by Gasteiger charge is -2.12. The molecule has 0 spiro atoms. The first kappa shape index (κ1) is 13.2. The summed E-state index contributed by atoms with van der Waals surface area (Å²) < 4.78 is 1.88. The Balaban J connectivity index is 2.03. The van der Waals surface area contributed by atoms with Gasteiger partial charge in [-0.1, -0.05) is 13.3 Å². The Bertz CT molecular complexity index is 280. The van der Waals surface area contributed by atoms with Crippen molar-refractivity contribution in [3.63, 3.8) is 0 Å². The standard InChI is InChI=1S/C13H25N3/c1-4-9-14-12(2)7-5-6-8-13-10-15-16(3)11-13/h10-12,14H,4-9H2,1-3H3. The van der Waals surface area contributed by atoms with E-state index in [1.165, 1.54) is 31.2 Å². The van der Waals surface area contributed by atoms with E-state index in [1.807, 2.05) is 17.9 Å². The predicted molar refractivity (Wildman–Crippen MR) is 68.5 cm³/mol. The van der Waals surface area contributed by atoms with E-state index in [2.05, 4.69) is 30.5 Å². The van der Waals surface area contributed by atoms with Crippen molar-refractivity contribution in [3.8, 4) is 0 Å². The summed E-state index contributed by atoms with van der Waals surface area (Å²) in [6.07, 6.45) is 10.3. The SMILES string of the molecule is CCCNC(C)CCCCc1cnn(C)c1. The molecular formula is C13H25N3. The number of nitrogens with one attached hydrogen (secondary N) is 1. The van der Waals surface area contributed by atoms with Crippen LogP contribution in [0.3, 0.4) is 0 Å². The van der Waals surface area contributed by atoms with E-state index in [1.54, 1.807) is 0 Å². The van der Waals surface area contributed by atoms with E-state index in [4.69, 9.17) is 0 Å². The van der Waals surface area contributed by atoms with Crippen LogP contribution < -0.4 is 5.32 Å². The Hall–Kier alpha value is -0.830. The molecule has 0 aliphatic rings. The van der Waals surface area contributed by atoms with Crippen molar-refractivity contribution < 1.29 is 0 Å². The zero-order valence-corrected chi connectivity index (χ0v) is 10.9. The van der Waals surface area contributed by atoms with Crippen LogP contribution in [-0.4, -0.2) is 22.4 Å². The van der Waals surface area contributed by atoms with Crippen LogP contribution in [0.25, 0.3) is 0 Å². The molecule has 0 saturated heterocycles. The summed E-state index contributed by atoms with van der Waals surface area (Å²) in [7, 11) is 1.97. The summed E-state index contributed by atoms with van der Waals surface area (Å²) in [5.74, 6) is 0. The molecule has 1 aromatic rings. The van der Waals surface area contributed by atoms with Gasteiger partial charge >= 0.3 is 0 Å². The smallest absolute Gasteiger partial charge is 0.0521 e. The van der Waals surface area contributed by atoms with Crippen LogP contribution in [0.1, 0.15) is 45.1 Å². The van der Waals surface area contributed by atoms with Gasteiger partial charge in [0.15, 0.2) is 0 Å². The molecule has 1 rings (SSSR count). The van der Waals surface area contributed by atoms with Gasteiger partial charge in [0, 0.05) is 19.3 Å². The monoisotopic (exact) mass is 223 g/mol. The van der Waals surface area contributed by atoms with E-state index in [9.17, 15) is 0 Å². The van der Waals surface area contributed by atoms with Crippen molar-refractivity contribution in [1.29, 1.82) is 0 Å². The van der Waals surface area contributed by atoms with E-state index in [0.29, 0.717) is 6.04 Å². The highest BCUT2D eigenvalue weighted by Crippen LogP contribution is 2.07. The normalized spacial score (nSPS) is 12.9. The average Bonchev–Trinajstić information content (AvgIpc) is 2.67. The largest absolute Gasteiger partial charge is 0.314 e. The molecule has 0 bridgehead atoms. The first-order valence-corrected chi connectivity index (χ1v) is 6.43. The summed E-state index contributed by atoms with van der Waals surface area (Å²) in [5.41, 5.74) is 1.36. The number of aromatic nitrogens is 2. The molecule has 16 heavy (non-hydrogen) atoms. The lowest BCUT2D eigenvalue weighted by Crippen LogP contribution is -2.26. The van der Waals surface area contributed by atoms with Crippen molar-refractivity contribution in [2.24, 2.45) is 7.05 Å². The van der Waals surface area contributed by atoms with Gasteiger partial charge in [-0.3, -0.25) is 4.68 Å². The molecular weight excluding hydrogens is 198 g/mol. The van der Waals surface area contributed by atoms with Crippen LogP contribution in [0.2, 0.25) is 0 Å². The van der Waals surface area contributed by atoms with Gasteiger partial charge in [0.25, 0.3) is 0 Å². The summed E-state index contributed by atoms with van der Waals surface area (Å²) >= 11 is 0. The number of hydrogen-bond acceptors (Lipinski definition) is 2. The predicted octanol–water partition coefficient (Wildman–Crippen LogP) is 2.52. The first-order chi connectivity index (χ1) is 7.72. The Morgan fingerprint density at radius 1 is 1.44 bits per heavy atom. The molecule has 0 aliphatic carbocycles. The zero-order valence-electron chi connectivity index (χ0n) is 10.9. The van der Waals surface area contributed by atoms with Crippen molar-refractivity contribution in [1.82, 2.24) is 15.1 Å². The fourth-order valence-corrected chi connectivity index (χ4v) is 1.87. The second-order valence-electron chi connectivity index (χ2n) is 4.62. The fourth-order valence-electron chi connectivity index (χ4n) is 1.87. The van der Waals surface area contributed by atoms with Crippen LogP contribution >= 0.6 is 0 Å². The maximum Gasteiger partial charge on any atom is 0.0521 e. The Kier molecular flexibility index (Phi) is 6.16. The van der Waals surface area contributed by atoms with Gasteiger partial charge in [-0.2, -0.15) is 5.10 Å². The Morgan fingerprint density at radius 3 is 2.88 bits per heavy atom. The summed E-state index contributed by atoms with van der Waals surface area (Å²) in [6, 6.07) is 0.661. The third-order valence-corrected chi connectivity index (χ3v) is 2.85. The van der Waals surface area contributed by atoms with Crippen LogP contribution in [0.5, 0.6) is 0 Å². The number of nitrogens with zero attached hydrogens (tertiary/aromatic N) is 2. The molecule has 0 amide bonds. The molecule has 92 valence electrons. The lowest BCUT2D eigenvalue weighted by atomic mass is 10.1. The van der Waals surface area contributed by atoms with Crippen LogP contribution in [-0.2, 0) is 13.5 Å². The van der Waals surface area contributed by atoms with Crippen molar-refractivity contribution in [3.05, 3.63) is 18.0 Å². The molecule has 1 atom stereocenters. The molecule has 0 aromatic carbocycles. The highest BCUT2D eigenvalue weighted by atomic mass is 15.2. The maximum absolute atomic E-state index is 4.18.